The molecule has 6 heteroatoms. The van der Waals surface area contributed by atoms with Crippen molar-refractivity contribution < 1.29 is 23.9 Å². The molecule has 1 rings (SSSR count). The van der Waals surface area contributed by atoms with Gasteiger partial charge in [-0.15, -0.1) is 0 Å². The van der Waals surface area contributed by atoms with E-state index >= 15 is 0 Å². The van der Waals surface area contributed by atoms with Crippen molar-refractivity contribution in [2.45, 2.75) is 47.1 Å². The van der Waals surface area contributed by atoms with Gasteiger partial charge in [-0.05, 0) is 47.1 Å². The van der Waals surface area contributed by atoms with Crippen LogP contribution >= 0.6 is 0 Å². The minimum Gasteiger partial charge on any atom is -0.457 e. The minimum atomic E-state index is -0.686. The van der Waals surface area contributed by atoms with Crippen molar-refractivity contribution in [3.05, 3.63) is 22.5 Å². The summed E-state index contributed by atoms with van der Waals surface area (Å²) in [6, 6.07) is 0. The number of nitrogens with one attached hydrogen (secondary N) is 1. The molecular formula is C15H21NO5. The number of hydrogen-bond acceptors (Lipinski definition) is 5. The predicted octanol–water partition coefficient (Wildman–Crippen LogP) is 2.33. The molecule has 0 bridgehead atoms. The number of ether oxygens (including phenoxy) is 2. The Balaban J connectivity index is 2.76. The maximum absolute atomic E-state index is 12.0. The van der Waals surface area contributed by atoms with Gasteiger partial charge in [0, 0.05) is 11.3 Å². The summed E-state index contributed by atoms with van der Waals surface area (Å²) in [5, 5.41) is 0. The van der Waals surface area contributed by atoms with Crippen molar-refractivity contribution in [1.29, 1.82) is 0 Å². The fourth-order valence-electron chi connectivity index (χ4n) is 2.05. The summed E-state index contributed by atoms with van der Waals surface area (Å²) in [4.78, 5) is 37.8. The van der Waals surface area contributed by atoms with E-state index in [9.17, 15) is 14.4 Å². The van der Waals surface area contributed by atoms with Crippen LogP contribution in [-0.4, -0.2) is 34.9 Å². The number of H-pyrrole nitrogens is 1. The molecule has 1 heterocycles. The van der Waals surface area contributed by atoms with Crippen molar-refractivity contribution in [3.8, 4) is 0 Å². The molecular weight excluding hydrogens is 274 g/mol. The molecule has 0 radical (unpaired) electrons. The number of ketones is 1. The summed E-state index contributed by atoms with van der Waals surface area (Å²) in [5.74, 6) is -1.44. The van der Waals surface area contributed by atoms with Crippen molar-refractivity contribution in [2.75, 3.05) is 6.61 Å². The van der Waals surface area contributed by atoms with Gasteiger partial charge in [0.1, 0.15) is 11.3 Å². The molecule has 0 saturated carbocycles. The Morgan fingerprint density at radius 3 is 2.14 bits per heavy atom. The van der Waals surface area contributed by atoms with Gasteiger partial charge in [-0.3, -0.25) is 4.79 Å². The van der Waals surface area contributed by atoms with Gasteiger partial charge >= 0.3 is 11.9 Å². The minimum absolute atomic E-state index is 0.132. The number of Topliss-reactive ketones (excluding diaryl/α,β-unsaturated/α-hetero) is 1. The van der Waals surface area contributed by atoms with Crippen LogP contribution in [0.2, 0.25) is 0 Å². The maximum atomic E-state index is 12.0. The number of hydrogen-bond donors (Lipinski definition) is 1. The van der Waals surface area contributed by atoms with E-state index in [4.69, 9.17) is 9.47 Å². The van der Waals surface area contributed by atoms with Gasteiger partial charge in [0.15, 0.2) is 12.4 Å². The summed E-state index contributed by atoms with van der Waals surface area (Å²) < 4.78 is 9.95. The molecule has 0 aliphatic heterocycles. The van der Waals surface area contributed by atoms with Crippen LogP contribution in [-0.2, 0) is 14.3 Å². The second kappa shape index (κ2) is 6.11. The predicted molar refractivity (Wildman–Crippen MR) is 76.4 cm³/mol. The van der Waals surface area contributed by atoms with Gasteiger partial charge < -0.3 is 14.5 Å². The monoisotopic (exact) mass is 295 g/mol. The quantitative estimate of drug-likeness (QED) is 0.680. The fourth-order valence-corrected chi connectivity index (χ4v) is 2.05. The first-order chi connectivity index (χ1) is 9.53. The Kier molecular flexibility index (Phi) is 4.93. The molecule has 21 heavy (non-hydrogen) atoms. The Morgan fingerprint density at radius 2 is 1.71 bits per heavy atom. The number of aromatic nitrogens is 1. The third-order valence-corrected chi connectivity index (χ3v) is 2.73. The van der Waals surface area contributed by atoms with Gasteiger partial charge in [-0.25, -0.2) is 9.59 Å². The Morgan fingerprint density at radius 1 is 1.14 bits per heavy atom. The highest BCUT2D eigenvalue weighted by molar-refractivity contribution is 6.01. The average Bonchev–Trinajstić information content (AvgIpc) is 2.59. The molecule has 0 aliphatic carbocycles. The molecule has 0 spiro atoms. The topological polar surface area (TPSA) is 85.5 Å². The van der Waals surface area contributed by atoms with Crippen molar-refractivity contribution in [1.82, 2.24) is 4.98 Å². The zero-order valence-electron chi connectivity index (χ0n) is 13.2. The third-order valence-electron chi connectivity index (χ3n) is 2.73. The Hall–Kier alpha value is -2.11. The van der Waals surface area contributed by atoms with E-state index in [-0.39, 0.29) is 11.5 Å². The summed E-state index contributed by atoms with van der Waals surface area (Å²) >= 11 is 0. The van der Waals surface area contributed by atoms with Crippen LogP contribution in [0.3, 0.4) is 0 Å². The lowest BCUT2D eigenvalue weighted by Gasteiger charge is -2.19. The summed E-state index contributed by atoms with van der Waals surface area (Å²) in [7, 11) is 0. The molecule has 0 atom stereocenters. The number of carbonyl (C=O) groups excluding carboxylic acids is 3. The van der Waals surface area contributed by atoms with Crippen LogP contribution in [0.15, 0.2) is 0 Å². The third kappa shape index (κ3) is 4.44. The lowest BCUT2D eigenvalue weighted by atomic mass is 10.1. The standard InChI is InChI=1S/C15H21NO5/c1-8-12(10(3)17)9(2)16-13(8)14(19)20-7-11(18)21-15(4,5)6/h16H,7H2,1-6H3. The highest BCUT2D eigenvalue weighted by atomic mass is 16.6. The molecule has 1 aromatic heterocycles. The van der Waals surface area contributed by atoms with Crippen LogP contribution in [0.1, 0.15) is 59.8 Å². The van der Waals surface area contributed by atoms with Crippen molar-refractivity contribution in [3.63, 3.8) is 0 Å². The number of rotatable bonds is 4. The molecule has 0 saturated heterocycles. The first kappa shape index (κ1) is 16.9. The number of esters is 2. The Labute approximate surface area is 123 Å². The molecule has 0 amide bonds. The van der Waals surface area contributed by atoms with Crippen LogP contribution < -0.4 is 0 Å². The molecule has 116 valence electrons. The zero-order valence-corrected chi connectivity index (χ0v) is 13.2. The summed E-state index contributed by atoms with van der Waals surface area (Å²) in [6.45, 7) is 9.50. The van der Waals surface area contributed by atoms with E-state index in [2.05, 4.69) is 4.98 Å². The van der Waals surface area contributed by atoms with Crippen LogP contribution in [0.4, 0.5) is 0 Å². The summed E-state index contributed by atoms with van der Waals surface area (Å²) in [6.07, 6.45) is 0. The van der Waals surface area contributed by atoms with Gasteiger partial charge in [0.25, 0.3) is 0 Å². The average molecular weight is 295 g/mol. The van der Waals surface area contributed by atoms with E-state index in [0.29, 0.717) is 16.8 Å². The lowest BCUT2D eigenvalue weighted by Crippen LogP contribution is -2.27. The van der Waals surface area contributed by atoms with Gasteiger partial charge in [0.2, 0.25) is 0 Å². The molecule has 0 fully saturated rings. The van der Waals surface area contributed by atoms with Gasteiger partial charge in [-0.1, -0.05) is 0 Å². The second-order valence-electron chi connectivity index (χ2n) is 5.84. The second-order valence-corrected chi connectivity index (χ2v) is 5.84. The van der Waals surface area contributed by atoms with Gasteiger partial charge in [0.05, 0.1) is 0 Å². The highest BCUT2D eigenvalue weighted by Crippen LogP contribution is 2.19. The van der Waals surface area contributed by atoms with E-state index < -0.39 is 24.1 Å². The Bertz CT molecular complexity index is 578. The number of aromatic amines is 1. The largest absolute Gasteiger partial charge is 0.457 e. The van der Waals surface area contributed by atoms with Gasteiger partial charge in [-0.2, -0.15) is 0 Å². The smallest absolute Gasteiger partial charge is 0.355 e. The number of carbonyl (C=O) groups is 3. The lowest BCUT2D eigenvalue weighted by molar-refractivity contribution is -0.158. The highest BCUT2D eigenvalue weighted by Gasteiger charge is 2.22. The summed E-state index contributed by atoms with van der Waals surface area (Å²) in [5.41, 5.74) is 1.14. The van der Waals surface area contributed by atoms with Crippen LogP contribution in [0.5, 0.6) is 0 Å². The molecule has 1 aromatic rings. The van der Waals surface area contributed by atoms with Crippen LogP contribution in [0.25, 0.3) is 0 Å². The number of aryl methyl sites for hydroxylation is 1. The zero-order chi connectivity index (χ0) is 16.4. The normalized spacial score (nSPS) is 11.1. The molecule has 0 unspecified atom stereocenters. The fraction of sp³-hybridized carbons (Fsp3) is 0.533. The first-order valence-corrected chi connectivity index (χ1v) is 6.62. The van der Waals surface area contributed by atoms with E-state index in [0.717, 1.165) is 0 Å². The molecule has 1 N–H and O–H groups in total. The molecule has 6 nitrogen and oxygen atoms in total. The maximum Gasteiger partial charge on any atom is 0.355 e. The van der Waals surface area contributed by atoms with E-state index in [1.165, 1.54) is 6.92 Å². The van der Waals surface area contributed by atoms with E-state index in [1.807, 2.05) is 0 Å². The van der Waals surface area contributed by atoms with Crippen molar-refractivity contribution >= 4 is 17.7 Å². The SMILES string of the molecule is CC(=O)c1c(C)[nH]c(C(=O)OCC(=O)OC(C)(C)C)c1C. The molecule has 0 aliphatic rings. The van der Waals surface area contributed by atoms with E-state index in [1.54, 1.807) is 34.6 Å². The van der Waals surface area contributed by atoms with Crippen molar-refractivity contribution in [2.24, 2.45) is 0 Å². The molecule has 0 aromatic carbocycles. The van der Waals surface area contributed by atoms with Crippen LogP contribution in [0, 0.1) is 13.8 Å². The first-order valence-electron chi connectivity index (χ1n) is 6.62.